The fraction of sp³-hybridized carbons (Fsp3) is 0. The van der Waals surface area contributed by atoms with Crippen LogP contribution in [0.1, 0.15) is 0 Å². The molecule has 0 spiro atoms. The highest BCUT2D eigenvalue weighted by atomic mass is 32.1. The molecular formula is C16H10FN3S. The lowest BCUT2D eigenvalue weighted by Gasteiger charge is -2.06. The van der Waals surface area contributed by atoms with Gasteiger partial charge in [-0.2, -0.15) is 0 Å². The molecule has 2 aromatic carbocycles. The SMILES string of the molecule is Fc1ccc2nc(Nc3cccc4ncccc34)sc2c1. The van der Waals surface area contributed by atoms with Gasteiger partial charge in [-0.15, -0.1) is 0 Å². The highest BCUT2D eigenvalue weighted by molar-refractivity contribution is 7.22. The van der Waals surface area contributed by atoms with E-state index < -0.39 is 0 Å². The molecule has 4 aromatic rings. The number of aromatic nitrogens is 2. The highest BCUT2D eigenvalue weighted by Gasteiger charge is 2.07. The van der Waals surface area contributed by atoms with Crippen LogP contribution < -0.4 is 5.32 Å². The van der Waals surface area contributed by atoms with E-state index in [0.717, 1.165) is 31.9 Å². The topological polar surface area (TPSA) is 37.8 Å². The second kappa shape index (κ2) is 4.79. The first-order valence-electron chi connectivity index (χ1n) is 6.46. The van der Waals surface area contributed by atoms with Gasteiger partial charge in [0.05, 0.1) is 15.7 Å². The zero-order chi connectivity index (χ0) is 14.2. The Kier molecular flexibility index (Phi) is 2.79. The van der Waals surface area contributed by atoms with E-state index in [0.29, 0.717) is 0 Å². The molecule has 21 heavy (non-hydrogen) atoms. The van der Waals surface area contributed by atoms with Gasteiger partial charge in [-0.3, -0.25) is 4.98 Å². The molecule has 0 unspecified atom stereocenters. The summed E-state index contributed by atoms with van der Waals surface area (Å²) in [5.41, 5.74) is 2.66. The maximum Gasteiger partial charge on any atom is 0.188 e. The third kappa shape index (κ3) is 2.21. The Balaban J connectivity index is 1.79. The molecule has 0 amide bonds. The van der Waals surface area contributed by atoms with E-state index in [2.05, 4.69) is 15.3 Å². The van der Waals surface area contributed by atoms with Crippen molar-refractivity contribution in [2.24, 2.45) is 0 Å². The number of pyridine rings is 1. The molecule has 5 heteroatoms. The minimum atomic E-state index is -0.243. The van der Waals surface area contributed by atoms with E-state index in [1.165, 1.54) is 23.5 Å². The first-order chi connectivity index (χ1) is 10.3. The molecule has 2 heterocycles. The molecular weight excluding hydrogens is 285 g/mol. The molecule has 4 rings (SSSR count). The minimum absolute atomic E-state index is 0.243. The number of nitrogens with zero attached hydrogens (tertiary/aromatic N) is 2. The third-order valence-electron chi connectivity index (χ3n) is 3.24. The Labute approximate surface area is 124 Å². The van der Waals surface area contributed by atoms with Crippen molar-refractivity contribution in [3.05, 3.63) is 60.5 Å². The molecule has 0 saturated carbocycles. The Hall–Kier alpha value is -2.53. The van der Waals surface area contributed by atoms with Gasteiger partial charge in [-0.1, -0.05) is 17.4 Å². The second-order valence-electron chi connectivity index (χ2n) is 4.63. The van der Waals surface area contributed by atoms with Crippen molar-refractivity contribution in [1.29, 1.82) is 0 Å². The van der Waals surface area contributed by atoms with Gasteiger partial charge in [0.2, 0.25) is 0 Å². The predicted molar refractivity (Wildman–Crippen MR) is 84.6 cm³/mol. The third-order valence-corrected chi connectivity index (χ3v) is 4.17. The number of nitrogens with one attached hydrogen (secondary N) is 1. The van der Waals surface area contributed by atoms with Gasteiger partial charge in [0.25, 0.3) is 0 Å². The summed E-state index contributed by atoms with van der Waals surface area (Å²) in [6.45, 7) is 0. The summed E-state index contributed by atoms with van der Waals surface area (Å²) in [5, 5.41) is 5.08. The van der Waals surface area contributed by atoms with E-state index >= 15 is 0 Å². The molecule has 0 radical (unpaired) electrons. The maximum atomic E-state index is 13.2. The molecule has 102 valence electrons. The predicted octanol–water partition coefficient (Wildman–Crippen LogP) is 4.73. The number of thiazole rings is 1. The Morgan fingerprint density at radius 1 is 1.00 bits per heavy atom. The van der Waals surface area contributed by atoms with Gasteiger partial charge in [-0.05, 0) is 42.5 Å². The molecule has 0 saturated heterocycles. The standard InChI is InChI=1S/C16H10FN3S/c17-10-6-7-14-15(9-10)21-16(20-14)19-13-5-1-4-12-11(13)3-2-8-18-12/h1-9H,(H,19,20). The van der Waals surface area contributed by atoms with Crippen molar-refractivity contribution >= 4 is 43.3 Å². The number of rotatable bonds is 2. The van der Waals surface area contributed by atoms with E-state index in [4.69, 9.17) is 0 Å². The van der Waals surface area contributed by atoms with Crippen molar-refractivity contribution in [3.63, 3.8) is 0 Å². The van der Waals surface area contributed by atoms with Crippen LogP contribution in [0.5, 0.6) is 0 Å². The fourth-order valence-electron chi connectivity index (χ4n) is 2.28. The largest absolute Gasteiger partial charge is 0.331 e. The molecule has 1 N–H and O–H groups in total. The number of anilines is 2. The van der Waals surface area contributed by atoms with Crippen LogP contribution in [0, 0.1) is 5.82 Å². The van der Waals surface area contributed by atoms with Crippen molar-refractivity contribution in [3.8, 4) is 0 Å². The summed E-state index contributed by atoms with van der Waals surface area (Å²) in [5.74, 6) is -0.243. The smallest absolute Gasteiger partial charge is 0.188 e. The van der Waals surface area contributed by atoms with E-state index in [1.54, 1.807) is 12.3 Å². The van der Waals surface area contributed by atoms with Crippen molar-refractivity contribution in [1.82, 2.24) is 9.97 Å². The van der Waals surface area contributed by atoms with Crippen LogP contribution in [0.15, 0.2) is 54.7 Å². The quantitative estimate of drug-likeness (QED) is 0.581. The summed E-state index contributed by atoms with van der Waals surface area (Å²) in [6, 6.07) is 14.4. The first kappa shape index (κ1) is 12.2. The molecule has 0 fully saturated rings. The number of hydrogen-bond acceptors (Lipinski definition) is 4. The zero-order valence-corrected chi connectivity index (χ0v) is 11.7. The molecule has 0 atom stereocenters. The van der Waals surface area contributed by atoms with E-state index in [1.807, 2.05) is 30.3 Å². The van der Waals surface area contributed by atoms with Crippen molar-refractivity contribution < 1.29 is 4.39 Å². The lowest BCUT2D eigenvalue weighted by Crippen LogP contribution is -1.91. The van der Waals surface area contributed by atoms with Crippen LogP contribution in [-0.4, -0.2) is 9.97 Å². The van der Waals surface area contributed by atoms with E-state index in [-0.39, 0.29) is 5.82 Å². The summed E-state index contributed by atoms with van der Waals surface area (Å²) < 4.78 is 14.1. The number of fused-ring (bicyclic) bond motifs is 2. The van der Waals surface area contributed by atoms with Gasteiger partial charge in [0.15, 0.2) is 5.13 Å². The van der Waals surface area contributed by atoms with E-state index in [9.17, 15) is 4.39 Å². The van der Waals surface area contributed by atoms with Crippen LogP contribution in [0.2, 0.25) is 0 Å². The summed E-state index contributed by atoms with van der Waals surface area (Å²) in [6.07, 6.45) is 1.77. The van der Waals surface area contributed by atoms with Crippen LogP contribution in [-0.2, 0) is 0 Å². The number of benzene rings is 2. The first-order valence-corrected chi connectivity index (χ1v) is 7.28. The highest BCUT2D eigenvalue weighted by Crippen LogP contribution is 2.31. The molecule has 2 aromatic heterocycles. The van der Waals surface area contributed by atoms with Gasteiger partial charge in [-0.25, -0.2) is 9.37 Å². The lowest BCUT2D eigenvalue weighted by atomic mass is 10.2. The van der Waals surface area contributed by atoms with Gasteiger partial charge < -0.3 is 5.32 Å². The summed E-state index contributed by atoms with van der Waals surface area (Å²) in [7, 11) is 0. The Bertz CT molecular complexity index is 943. The maximum absolute atomic E-state index is 13.2. The van der Waals surface area contributed by atoms with Gasteiger partial charge >= 0.3 is 0 Å². The molecule has 3 nitrogen and oxygen atoms in total. The van der Waals surface area contributed by atoms with Crippen LogP contribution >= 0.6 is 11.3 Å². The number of halogens is 1. The van der Waals surface area contributed by atoms with Crippen molar-refractivity contribution in [2.45, 2.75) is 0 Å². The molecule has 0 aliphatic heterocycles. The zero-order valence-electron chi connectivity index (χ0n) is 10.9. The lowest BCUT2D eigenvalue weighted by molar-refractivity contribution is 0.630. The summed E-state index contributed by atoms with van der Waals surface area (Å²) in [4.78, 5) is 8.81. The Morgan fingerprint density at radius 2 is 1.95 bits per heavy atom. The second-order valence-corrected chi connectivity index (χ2v) is 5.66. The minimum Gasteiger partial charge on any atom is -0.331 e. The van der Waals surface area contributed by atoms with Gasteiger partial charge in [0.1, 0.15) is 5.82 Å². The van der Waals surface area contributed by atoms with Crippen molar-refractivity contribution in [2.75, 3.05) is 5.32 Å². The molecule has 0 bridgehead atoms. The van der Waals surface area contributed by atoms with Crippen LogP contribution in [0.4, 0.5) is 15.2 Å². The normalized spacial score (nSPS) is 11.1. The van der Waals surface area contributed by atoms with Crippen LogP contribution in [0.25, 0.3) is 21.1 Å². The average molecular weight is 295 g/mol. The van der Waals surface area contributed by atoms with Gasteiger partial charge in [0, 0.05) is 17.3 Å². The molecule has 0 aliphatic rings. The monoisotopic (exact) mass is 295 g/mol. The fourth-order valence-corrected chi connectivity index (χ4v) is 3.18. The number of hydrogen-bond donors (Lipinski definition) is 1. The summed E-state index contributed by atoms with van der Waals surface area (Å²) >= 11 is 1.43. The molecule has 0 aliphatic carbocycles. The Morgan fingerprint density at radius 3 is 2.90 bits per heavy atom. The van der Waals surface area contributed by atoms with Crippen LogP contribution in [0.3, 0.4) is 0 Å². The average Bonchev–Trinajstić information content (AvgIpc) is 2.89.